The molecule has 1 rings (SSSR count). The summed E-state index contributed by atoms with van der Waals surface area (Å²) < 4.78 is 0. The van der Waals surface area contributed by atoms with Gasteiger partial charge in [0.25, 0.3) is 0 Å². The van der Waals surface area contributed by atoms with Crippen molar-refractivity contribution in [2.75, 3.05) is 0 Å². The van der Waals surface area contributed by atoms with Gasteiger partial charge in [0, 0.05) is 24.9 Å². The topological polar surface area (TPSA) is 46.2 Å². The Balaban J connectivity index is 2.35. The molecular weight excluding hydrogens is 178 g/mol. The molecule has 0 unspecified atom stereocenters. The normalized spacial score (nSPS) is 27.3. The SMILES string of the molecule is CC(=O)C[C@H]1CCC[C@@H](CC(C)=O)N1. The highest BCUT2D eigenvalue weighted by Crippen LogP contribution is 2.17. The molecule has 1 N–H and O–H groups in total. The van der Waals surface area contributed by atoms with Gasteiger partial charge in [-0.2, -0.15) is 0 Å². The highest BCUT2D eigenvalue weighted by Gasteiger charge is 2.22. The van der Waals surface area contributed by atoms with E-state index in [0.29, 0.717) is 24.9 Å². The van der Waals surface area contributed by atoms with Crippen molar-refractivity contribution in [2.45, 2.75) is 58.0 Å². The van der Waals surface area contributed by atoms with Crippen molar-refractivity contribution in [2.24, 2.45) is 0 Å². The van der Waals surface area contributed by atoms with Crippen LogP contribution in [0.2, 0.25) is 0 Å². The van der Waals surface area contributed by atoms with Gasteiger partial charge in [0.05, 0.1) is 0 Å². The predicted octanol–water partition coefficient (Wildman–Crippen LogP) is 1.46. The third-order valence-corrected chi connectivity index (χ3v) is 2.64. The molecule has 1 aliphatic heterocycles. The van der Waals surface area contributed by atoms with Gasteiger partial charge in [0.2, 0.25) is 0 Å². The van der Waals surface area contributed by atoms with Crippen LogP contribution in [0.5, 0.6) is 0 Å². The Morgan fingerprint density at radius 3 is 1.86 bits per heavy atom. The highest BCUT2D eigenvalue weighted by atomic mass is 16.1. The number of hydrogen-bond acceptors (Lipinski definition) is 3. The summed E-state index contributed by atoms with van der Waals surface area (Å²) in [6.07, 6.45) is 4.47. The Bertz CT molecular complexity index is 203. The van der Waals surface area contributed by atoms with E-state index in [2.05, 4.69) is 5.32 Å². The van der Waals surface area contributed by atoms with E-state index in [1.807, 2.05) is 0 Å². The second kappa shape index (κ2) is 5.25. The van der Waals surface area contributed by atoms with Crippen LogP contribution in [0.25, 0.3) is 0 Å². The molecule has 1 saturated heterocycles. The lowest BCUT2D eigenvalue weighted by Gasteiger charge is -2.30. The van der Waals surface area contributed by atoms with E-state index in [1.54, 1.807) is 13.8 Å². The van der Waals surface area contributed by atoms with Gasteiger partial charge in [0.1, 0.15) is 11.6 Å². The van der Waals surface area contributed by atoms with Crippen molar-refractivity contribution >= 4 is 11.6 Å². The molecule has 0 aromatic rings. The monoisotopic (exact) mass is 197 g/mol. The predicted molar refractivity (Wildman–Crippen MR) is 55.2 cm³/mol. The molecule has 1 aliphatic rings. The molecule has 0 aromatic heterocycles. The summed E-state index contributed by atoms with van der Waals surface area (Å²) in [5.74, 6) is 0.456. The molecule has 1 heterocycles. The number of Topliss-reactive ketones (excluding diaryl/α,β-unsaturated/α-hetero) is 2. The zero-order valence-corrected chi connectivity index (χ0v) is 9.01. The molecule has 1 fully saturated rings. The van der Waals surface area contributed by atoms with Crippen molar-refractivity contribution in [3.05, 3.63) is 0 Å². The third-order valence-electron chi connectivity index (χ3n) is 2.64. The van der Waals surface area contributed by atoms with Crippen molar-refractivity contribution < 1.29 is 9.59 Å². The van der Waals surface area contributed by atoms with E-state index < -0.39 is 0 Å². The number of piperidine rings is 1. The first kappa shape index (κ1) is 11.4. The van der Waals surface area contributed by atoms with E-state index in [4.69, 9.17) is 0 Å². The van der Waals surface area contributed by atoms with Crippen molar-refractivity contribution in [3.63, 3.8) is 0 Å². The largest absolute Gasteiger partial charge is 0.310 e. The first-order chi connectivity index (χ1) is 6.58. The average Bonchev–Trinajstić information content (AvgIpc) is 2.01. The van der Waals surface area contributed by atoms with E-state index in [0.717, 1.165) is 19.3 Å². The van der Waals surface area contributed by atoms with Crippen LogP contribution in [0.1, 0.15) is 46.0 Å². The molecule has 0 amide bonds. The molecule has 3 nitrogen and oxygen atoms in total. The van der Waals surface area contributed by atoms with E-state index in [-0.39, 0.29) is 11.6 Å². The fourth-order valence-corrected chi connectivity index (χ4v) is 2.13. The number of ketones is 2. The number of carbonyl (C=O) groups excluding carboxylic acids is 2. The Kier molecular flexibility index (Phi) is 4.26. The summed E-state index contributed by atoms with van der Waals surface area (Å²) in [6.45, 7) is 3.24. The quantitative estimate of drug-likeness (QED) is 0.742. The lowest BCUT2D eigenvalue weighted by molar-refractivity contribution is -0.117. The van der Waals surface area contributed by atoms with Gasteiger partial charge in [0.15, 0.2) is 0 Å². The molecule has 0 aromatic carbocycles. The molecule has 0 aliphatic carbocycles. The van der Waals surface area contributed by atoms with E-state index >= 15 is 0 Å². The Hall–Kier alpha value is -0.700. The van der Waals surface area contributed by atoms with Crippen LogP contribution in [0.3, 0.4) is 0 Å². The fourth-order valence-electron chi connectivity index (χ4n) is 2.13. The number of carbonyl (C=O) groups is 2. The van der Waals surface area contributed by atoms with Crippen LogP contribution in [0.4, 0.5) is 0 Å². The van der Waals surface area contributed by atoms with Gasteiger partial charge in [-0.1, -0.05) is 6.42 Å². The molecule has 0 radical (unpaired) electrons. The summed E-state index contributed by atoms with van der Waals surface area (Å²) in [6, 6.07) is 0.594. The molecular formula is C11H19NO2. The zero-order chi connectivity index (χ0) is 10.6. The van der Waals surface area contributed by atoms with Crippen molar-refractivity contribution in [3.8, 4) is 0 Å². The molecule has 14 heavy (non-hydrogen) atoms. The van der Waals surface area contributed by atoms with E-state index in [9.17, 15) is 9.59 Å². The molecule has 0 saturated carbocycles. The molecule has 3 heteroatoms. The van der Waals surface area contributed by atoms with Crippen LogP contribution < -0.4 is 5.32 Å². The van der Waals surface area contributed by atoms with Gasteiger partial charge in [-0.3, -0.25) is 9.59 Å². The molecule has 0 spiro atoms. The third kappa shape index (κ3) is 4.01. The summed E-state index contributed by atoms with van der Waals surface area (Å²) in [7, 11) is 0. The average molecular weight is 197 g/mol. The maximum absolute atomic E-state index is 10.9. The van der Waals surface area contributed by atoms with Crippen LogP contribution >= 0.6 is 0 Å². The second-order valence-corrected chi connectivity index (χ2v) is 4.30. The lowest BCUT2D eigenvalue weighted by atomic mass is 9.93. The van der Waals surface area contributed by atoms with Crippen LogP contribution in [0.15, 0.2) is 0 Å². The fraction of sp³-hybridized carbons (Fsp3) is 0.818. The Morgan fingerprint density at radius 1 is 1.07 bits per heavy atom. The standard InChI is InChI=1S/C11H19NO2/c1-8(13)6-10-4-3-5-11(12-10)7-9(2)14/h10-12H,3-7H2,1-2H3/t10-,11+. The molecule has 2 atom stereocenters. The minimum absolute atomic E-state index is 0.228. The smallest absolute Gasteiger partial charge is 0.131 e. The number of nitrogens with one attached hydrogen (secondary N) is 1. The maximum atomic E-state index is 10.9. The van der Waals surface area contributed by atoms with Crippen LogP contribution in [-0.4, -0.2) is 23.7 Å². The van der Waals surface area contributed by atoms with E-state index in [1.165, 1.54) is 0 Å². The highest BCUT2D eigenvalue weighted by molar-refractivity contribution is 5.77. The molecule has 0 bridgehead atoms. The summed E-state index contributed by atoms with van der Waals surface area (Å²) in [5.41, 5.74) is 0. The van der Waals surface area contributed by atoms with Crippen LogP contribution in [-0.2, 0) is 9.59 Å². The van der Waals surface area contributed by atoms with Crippen molar-refractivity contribution in [1.29, 1.82) is 0 Å². The Morgan fingerprint density at radius 2 is 1.50 bits per heavy atom. The van der Waals surface area contributed by atoms with Gasteiger partial charge in [-0.15, -0.1) is 0 Å². The summed E-state index contributed by atoms with van der Waals surface area (Å²) >= 11 is 0. The summed E-state index contributed by atoms with van der Waals surface area (Å²) in [4.78, 5) is 21.9. The van der Waals surface area contributed by atoms with Gasteiger partial charge >= 0.3 is 0 Å². The lowest BCUT2D eigenvalue weighted by Crippen LogP contribution is -2.43. The Labute approximate surface area is 85.3 Å². The van der Waals surface area contributed by atoms with Crippen LogP contribution in [0, 0.1) is 0 Å². The van der Waals surface area contributed by atoms with Crippen molar-refractivity contribution in [1.82, 2.24) is 5.32 Å². The second-order valence-electron chi connectivity index (χ2n) is 4.30. The van der Waals surface area contributed by atoms with Gasteiger partial charge in [-0.25, -0.2) is 0 Å². The minimum atomic E-state index is 0.228. The summed E-state index contributed by atoms with van der Waals surface area (Å²) in [5, 5.41) is 3.37. The molecule has 80 valence electrons. The maximum Gasteiger partial charge on any atom is 0.131 e. The number of rotatable bonds is 4. The zero-order valence-electron chi connectivity index (χ0n) is 9.01. The first-order valence-electron chi connectivity index (χ1n) is 5.33. The number of hydrogen-bond donors (Lipinski definition) is 1. The minimum Gasteiger partial charge on any atom is -0.310 e. The van der Waals surface area contributed by atoms with Gasteiger partial charge < -0.3 is 5.32 Å². The van der Waals surface area contributed by atoms with Gasteiger partial charge in [-0.05, 0) is 26.7 Å². The first-order valence-corrected chi connectivity index (χ1v) is 5.33.